The van der Waals surface area contributed by atoms with Crippen molar-refractivity contribution in [3.05, 3.63) is 45.9 Å². The van der Waals surface area contributed by atoms with Crippen LogP contribution in [0.2, 0.25) is 0 Å². The summed E-state index contributed by atoms with van der Waals surface area (Å²) in [5.74, 6) is 0. The Morgan fingerprint density at radius 1 is 1.38 bits per heavy atom. The number of thiazole rings is 1. The summed E-state index contributed by atoms with van der Waals surface area (Å²) < 4.78 is 27.2. The Labute approximate surface area is 129 Å². The molecule has 1 aromatic carbocycles. The number of aryl methyl sites for hydroxylation is 1. The first-order valence-corrected chi connectivity index (χ1v) is 8.96. The summed E-state index contributed by atoms with van der Waals surface area (Å²) in [5.41, 5.74) is 1.84. The van der Waals surface area contributed by atoms with Crippen molar-refractivity contribution in [2.24, 2.45) is 0 Å². The molecule has 0 aliphatic carbocycles. The van der Waals surface area contributed by atoms with Crippen LogP contribution in [0.4, 0.5) is 0 Å². The van der Waals surface area contributed by atoms with Crippen LogP contribution in [0, 0.1) is 6.92 Å². The first kappa shape index (κ1) is 16.1. The van der Waals surface area contributed by atoms with E-state index < -0.39 is 10.0 Å². The first-order valence-electron chi connectivity index (χ1n) is 6.60. The molecule has 0 bridgehead atoms. The Bertz CT molecular complexity index is 711. The highest BCUT2D eigenvalue weighted by atomic mass is 32.2. The number of benzene rings is 1. The van der Waals surface area contributed by atoms with Crippen LogP contribution < -0.4 is 10.0 Å². The third-order valence-electron chi connectivity index (χ3n) is 3.18. The molecule has 0 saturated heterocycles. The minimum atomic E-state index is -3.52. The molecular formula is C14H19N3O2S2. The Balaban J connectivity index is 2.15. The van der Waals surface area contributed by atoms with Gasteiger partial charge in [-0.2, -0.15) is 0 Å². The number of rotatable bonds is 6. The summed E-state index contributed by atoms with van der Waals surface area (Å²) in [7, 11) is -1.68. The highest BCUT2D eigenvalue weighted by Gasteiger charge is 2.16. The summed E-state index contributed by atoms with van der Waals surface area (Å²) in [6.07, 6.45) is 0. The van der Waals surface area contributed by atoms with Crippen LogP contribution in [0.15, 0.2) is 34.5 Å². The number of nitrogens with one attached hydrogen (secondary N) is 2. The molecule has 114 valence electrons. The van der Waals surface area contributed by atoms with Crippen molar-refractivity contribution in [1.82, 2.24) is 15.0 Å². The molecule has 1 atom stereocenters. The van der Waals surface area contributed by atoms with Gasteiger partial charge in [0.05, 0.1) is 11.4 Å². The van der Waals surface area contributed by atoms with Crippen LogP contribution in [0.5, 0.6) is 0 Å². The van der Waals surface area contributed by atoms with Gasteiger partial charge in [-0.05, 0) is 38.6 Å². The van der Waals surface area contributed by atoms with Crippen molar-refractivity contribution in [2.45, 2.75) is 31.3 Å². The number of nitrogens with zero attached hydrogens (tertiary/aromatic N) is 1. The second kappa shape index (κ2) is 6.65. The molecule has 0 saturated carbocycles. The quantitative estimate of drug-likeness (QED) is 0.854. The number of hydrogen-bond acceptors (Lipinski definition) is 5. The fraction of sp³-hybridized carbons (Fsp3) is 0.357. The largest absolute Gasteiger partial charge is 0.313 e. The topological polar surface area (TPSA) is 71.1 Å². The van der Waals surface area contributed by atoms with Gasteiger partial charge in [-0.15, -0.1) is 11.3 Å². The van der Waals surface area contributed by atoms with E-state index in [1.54, 1.807) is 18.2 Å². The number of aromatic nitrogens is 1. The molecule has 1 aromatic heterocycles. The van der Waals surface area contributed by atoms with Crippen LogP contribution in [-0.2, 0) is 16.6 Å². The third-order valence-corrected chi connectivity index (χ3v) is 5.55. The minimum Gasteiger partial charge on any atom is -0.313 e. The molecule has 1 unspecified atom stereocenters. The molecule has 0 spiro atoms. The molecular weight excluding hydrogens is 306 g/mol. The van der Waals surface area contributed by atoms with Gasteiger partial charge >= 0.3 is 0 Å². The average Bonchev–Trinajstić information content (AvgIpc) is 2.90. The van der Waals surface area contributed by atoms with Crippen molar-refractivity contribution < 1.29 is 8.42 Å². The van der Waals surface area contributed by atoms with E-state index in [1.165, 1.54) is 11.3 Å². The van der Waals surface area contributed by atoms with Crippen molar-refractivity contribution in [3.8, 4) is 0 Å². The van der Waals surface area contributed by atoms with E-state index in [0.717, 1.165) is 16.3 Å². The zero-order valence-corrected chi connectivity index (χ0v) is 13.9. The predicted octanol–water partition coefficient (Wildman–Crippen LogP) is 2.21. The molecule has 0 aliphatic heterocycles. The lowest BCUT2D eigenvalue weighted by Gasteiger charge is -2.12. The predicted molar refractivity (Wildman–Crippen MR) is 84.8 cm³/mol. The summed E-state index contributed by atoms with van der Waals surface area (Å²) in [5, 5.41) is 5.76. The van der Waals surface area contributed by atoms with E-state index in [-0.39, 0.29) is 17.5 Å². The summed E-state index contributed by atoms with van der Waals surface area (Å²) >= 11 is 1.45. The fourth-order valence-corrected chi connectivity index (χ4v) is 3.69. The molecule has 0 aliphatic rings. The fourth-order valence-electron chi connectivity index (χ4n) is 1.84. The van der Waals surface area contributed by atoms with Gasteiger partial charge in [0.15, 0.2) is 0 Å². The van der Waals surface area contributed by atoms with E-state index in [4.69, 9.17) is 0 Å². The van der Waals surface area contributed by atoms with E-state index in [9.17, 15) is 8.42 Å². The van der Waals surface area contributed by atoms with Crippen LogP contribution in [0.25, 0.3) is 0 Å². The highest BCUT2D eigenvalue weighted by molar-refractivity contribution is 7.89. The van der Waals surface area contributed by atoms with E-state index in [0.29, 0.717) is 0 Å². The second-order valence-corrected chi connectivity index (χ2v) is 7.50. The van der Waals surface area contributed by atoms with Gasteiger partial charge in [0.25, 0.3) is 0 Å². The Morgan fingerprint density at radius 2 is 2.14 bits per heavy atom. The first-order chi connectivity index (χ1) is 9.92. The zero-order valence-electron chi connectivity index (χ0n) is 12.3. The molecule has 2 N–H and O–H groups in total. The van der Waals surface area contributed by atoms with Crippen LogP contribution in [0.1, 0.15) is 29.2 Å². The number of sulfonamides is 1. The van der Waals surface area contributed by atoms with Gasteiger partial charge in [-0.1, -0.05) is 12.1 Å². The second-order valence-electron chi connectivity index (χ2n) is 4.79. The summed E-state index contributed by atoms with van der Waals surface area (Å²) in [4.78, 5) is 4.52. The van der Waals surface area contributed by atoms with Crippen LogP contribution >= 0.6 is 11.3 Å². The smallest absolute Gasteiger partial charge is 0.240 e. The van der Waals surface area contributed by atoms with Crippen LogP contribution in [0.3, 0.4) is 0 Å². The summed E-state index contributed by atoms with van der Waals surface area (Å²) in [6, 6.07) is 7.05. The van der Waals surface area contributed by atoms with Crippen molar-refractivity contribution in [3.63, 3.8) is 0 Å². The molecule has 7 heteroatoms. The third kappa shape index (κ3) is 4.10. The normalized spacial score (nSPS) is 13.3. The lowest BCUT2D eigenvalue weighted by molar-refractivity contribution is 0.580. The molecule has 2 aromatic rings. The lowest BCUT2D eigenvalue weighted by atomic mass is 10.1. The van der Waals surface area contributed by atoms with Gasteiger partial charge in [0, 0.05) is 17.1 Å². The maximum absolute atomic E-state index is 12.3. The van der Waals surface area contributed by atoms with Gasteiger partial charge in [-0.25, -0.2) is 18.1 Å². The Morgan fingerprint density at radius 3 is 2.76 bits per heavy atom. The Hall–Kier alpha value is -1.28. The van der Waals surface area contributed by atoms with Gasteiger partial charge in [0.1, 0.15) is 5.01 Å². The molecule has 2 rings (SSSR count). The molecule has 21 heavy (non-hydrogen) atoms. The zero-order chi connectivity index (χ0) is 15.5. The summed E-state index contributed by atoms with van der Waals surface area (Å²) in [6.45, 7) is 4.08. The molecule has 1 heterocycles. The van der Waals surface area contributed by atoms with E-state index in [2.05, 4.69) is 15.0 Å². The van der Waals surface area contributed by atoms with Gasteiger partial charge in [-0.3, -0.25) is 0 Å². The van der Waals surface area contributed by atoms with Crippen LogP contribution in [-0.4, -0.2) is 20.4 Å². The minimum absolute atomic E-state index is 0.0989. The van der Waals surface area contributed by atoms with E-state index in [1.807, 2.05) is 32.3 Å². The monoisotopic (exact) mass is 325 g/mol. The van der Waals surface area contributed by atoms with Gasteiger partial charge in [0.2, 0.25) is 10.0 Å². The Kier molecular flexibility index (Phi) is 5.10. The molecule has 0 amide bonds. The SMILES string of the molecule is CNC(C)c1cccc(S(=O)(=O)NCc2nc(C)cs2)c1. The maximum Gasteiger partial charge on any atom is 0.240 e. The van der Waals surface area contributed by atoms with Crippen molar-refractivity contribution in [2.75, 3.05) is 7.05 Å². The standard InChI is InChI=1S/C14H19N3O2S2/c1-10-9-20-14(17-10)8-16-21(18,19)13-6-4-5-12(7-13)11(2)15-3/h4-7,9,11,15-16H,8H2,1-3H3. The lowest BCUT2D eigenvalue weighted by Crippen LogP contribution is -2.23. The molecule has 0 fully saturated rings. The van der Waals surface area contributed by atoms with Crippen molar-refractivity contribution >= 4 is 21.4 Å². The van der Waals surface area contributed by atoms with Gasteiger partial charge < -0.3 is 5.32 Å². The highest BCUT2D eigenvalue weighted by Crippen LogP contribution is 2.17. The number of hydrogen-bond donors (Lipinski definition) is 2. The van der Waals surface area contributed by atoms with E-state index >= 15 is 0 Å². The maximum atomic E-state index is 12.3. The average molecular weight is 325 g/mol. The molecule has 5 nitrogen and oxygen atoms in total. The molecule has 0 radical (unpaired) electrons. The van der Waals surface area contributed by atoms with Crippen molar-refractivity contribution in [1.29, 1.82) is 0 Å².